The van der Waals surface area contributed by atoms with Crippen LogP contribution in [0.15, 0.2) is 244 Å². The number of benzene rings is 6. The first-order valence-corrected chi connectivity index (χ1v) is 36.9. The van der Waals surface area contributed by atoms with Gasteiger partial charge in [-0.15, -0.1) is 23.2 Å². The van der Waals surface area contributed by atoms with Crippen LogP contribution in [0.2, 0.25) is 0 Å². The minimum atomic E-state index is -4.71. The zero-order chi connectivity index (χ0) is 79.0. The fourth-order valence-corrected chi connectivity index (χ4v) is 12.1. The largest absolute Gasteiger partial charge is 0.416 e. The predicted molar refractivity (Wildman–Crippen MR) is 426 cm³/mol. The zero-order valence-electron chi connectivity index (χ0n) is 62.3. The number of pyridine rings is 3. The smallest absolute Gasteiger partial charge is 0.306 e. The van der Waals surface area contributed by atoms with Crippen molar-refractivity contribution in [3.8, 4) is 33.8 Å². The van der Waals surface area contributed by atoms with Gasteiger partial charge in [0.1, 0.15) is 17.5 Å². The maximum Gasteiger partial charge on any atom is 0.416 e. The van der Waals surface area contributed by atoms with Gasteiger partial charge in [0.2, 0.25) is 0 Å². The van der Waals surface area contributed by atoms with Crippen LogP contribution in [0.3, 0.4) is 0 Å². The van der Waals surface area contributed by atoms with Gasteiger partial charge in [0.15, 0.2) is 34.7 Å². The quantitative estimate of drug-likeness (QED) is 0.0241. The minimum Gasteiger partial charge on any atom is -0.306 e. The first-order valence-electron chi connectivity index (χ1n) is 35.9. The number of Topliss-reactive ketones (excluding diaryl/α,β-unsaturated/α-hetero) is 5. The number of alkyl halides is 5. The van der Waals surface area contributed by atoms with E-state index < -0.39 is 35.1 Å². The summed E-state index contributed by atoms with van der Waals surface area (Å²) in [5.41, 5.74) is 15.8. The molecule has 0 saturated heterocycles. The van der Waals surface area contributed by atoms with E-state index in [9.17, 15) is 41.9 Å². The molecule has 0 aliphatic heterocycles. The molecule has 0 spiro atoms. The molecule has 16 nitrogen and oxygen atoms in total. The Kier molecular flexibility index (Phi) is 29.0. The Balaban J connectivity index is 0.000000178. The van der Waals surface area contributed by atoms with Gasteiger partial charge in [0.25, 0.3) is 0 Å². The molecule has 0 bridgehead atoms. The molecule has 21 heteroatoms. The highest BCUT2D eigenvalue weighted by molar-refractivity contribution is 6.31. The summed E-state index contributed by atoms with van der Waals surface area (Å²) in [5, 5.41) is -0.518. The summed E-state index contributed by atoms with van der Waals surface area (Å²) in [6.07, 6.45) is 16.1. The van der Waals surface area contributed by atoms with Crippen LogP contribution in [0.1, 0.15) is 128 Å². The van der Waals surface area contributed by atoms with Crippen LogP contribution in [0.4, 0.5) is 13.2 Å². The number of allylic oxidation sites excluding steroid dienone is 1. The molecule has 0 radical (unpaired) electrons. The van der Waals surface area contributed by atoms with Crippen molar-refractivity contribution in [1.29, 1.82) is 0 Å². The predicted octanol–water partition coefficient (Wildman–Crippen LogP) is 16.9. The number of rotatable bonds is 29. The summed E-state index contributed by atoms with van der Waals surface area (Å²) in [7, 11) is 3.64. The van der Waals surface area contributed by atoms with Gasteiger partial charge in [-0.05, 0) is 175 Å². The first kappa shape index (κ1) is 81.6. The van der Waals surface area contributed by atoms with Crippen LogP contribution in [0.25, 0.3) is 33.8 Å². The van der Waals surface area contributed by atoms with Gasteiger partial charge >= 0.3 is 6.18 Å². The molecule has 6 aromatic heterocycles. The van der Waals surface area contributed by atoms with Gasteiger partial charge in [-0.2, -0.15) is 13.2 Å². The average Bonchev–Trinajstić information content (AvgIpc) is 0.649. The Morgan fingerprint density at radius 1 is 0.441 bits per heavy atom. The van der Waals surface area contributed by atoms with Crippen LogP contribution in [-0.4, -0.2) is 116 Å². The standard InChI is InChI=1S/C33H31F3N4O2.C29H26ClN3O2.C28H24ClN3O2/c1-22-8-9-23(16-27(22)20-32-38-14-12-30(39-32)26-6-4-13-37-21-26)17-31(42)25-11-10-24(29(19-25)33(34,35)36)18-28(41)7-5-15-40(2)3;1-19-5-6-22(16-28(35)23-9-7-21(8-10-23)15-27(34)20(2)30)14-25(19)17-29-32-13-11-26(33-29)24-4-3-12-31-18-24;1-19-4-5-21(15-27(34)22-8-6-20(7-9-22)14-25(33)17-29)13-24(19)16-28-31-12-10-26(32-28)23-3-2-11-30-18-23/h4-14,16,19,21H,15,17-18,20H2,1-3H3;3-14,18,20H,15-17H2,1-2H3;2-13,18H,14-17H2,1H3/b7-5+;;. The van der Waals surface area contributed by atoms with Crippen molar-refractivity contribution in [1.82, 2.24) is 49.8 Å². The molecule has 12 rings (SSSR count). The van der Waals surface area contributed by atoms with E-state index in [1.165, 1.54) is 18.2 Å². The van der Waals surface area contributed by atoms with E-state index >= 15 is 0 Å². The Labute approximate surface area is 653 Å². The molecule has 12 aromatic rings. The lowest BCUT2D eigenvalue weighted by Gasteiger charge is -2.14. The SMILES string of the molecule is Cc1ccc(CC(=O)c2ccc(CC(=O)/C=C/CN(C)C)c(C(F)(F)F)c2)cc1Cc1nccc(-c2cccnc2)n1.Cc1ccc(CC(=O)c2ccc(CC(=O)C(C)Cl)cc2)cc1Cc1nccc(-c2cccnc2)n1.Cc1ccc(CC(=O)c2ccc(CC(=O)CCl)cc2)cc1Cc1nccc(-c2cccnc2)n1. The Morgan fingerprint density at radius 2 is 0.820 bits per heavy atom. The molecule has 0 fully saturated rings. The number of aromatic nitrogens is 9. The Morgan fingerprint density at radius 3 is 1.18 bits per heavy atom. The number of carbonyl (C=O) groups is 6. The maximum absolute atomic E-state index is 13.9. The van der Waals surface area contributed by atoms with Gasteiger partial charge in [-0.1, -0.05) is 121 Å². The van der Waals surface area contributed by atoms with E-state index in [-0.39, 0.29) is 59.4 Å². The number of carbonyl (C=O) groups excluding carboxylic acids is 6. The molecule has 6 aromatic carbocycles. The van der Waals surface area contributed by atoms with Gasteiger partial charge in [-0.25, -0.2) is 29.9 Å². The lowest BCUT2D eigenvalue weighted by molar-refractivity contribution is -0.138. The van der Waals surface area contributed by atoms with Gasteiger partial charge in [-0.3, -0.25) is 43.7 Å². The summed E-state index contributed by atoms with van der Waals surface area (Å²) >= 11 is 11.4. The van der Waals surface area contributed by atoms with Crippen LogP contribution in [0.5, 0.6) is 0 Å². The third-order valence-corrected chi connectivity index (χ3v) is 18.7. The number of nitrogens with zero attached hydrogens (tertiary/aromatic N) is 10. The van der Waals surface area contributed by atoms with Crippen molar-refractivity contribution in [2.24, 2.45) is 0 Å². The van der Waals surface area contributed by atoms with E-state index in [1.807, 2.05) is 149 Å². The van der Waals surface area contributed by atoms with E-state index in [0.717, 1.165) is 101 Å². The summed E-state index contributed by atoms with van der Waals surface area (Å²) in [5.74, 6) is 1.12. The van der Waals surface area contributed by atoms with Crippen LogP contribution >= 0.6 is 23.2 Å². The van der Waals surface area contributed by atoms with E-state index in [2.05, 4.69) is 47.0 Å². The van der Waals surface area contributed by atoms with Gasteiger partial charge in [0, 0.05) is 153 Å². The third-order valence-electron chi connectivity index (χ3n) is 18.2. The van der Waals surface area contributed by atoms with Crippen molar-refractivity contribution in [2.45, 2.75) is 97.0 Å². The molecule has 111 heavy (non-hydrogen) atoms. The second kappa shape index (κ2) is 39.5. The fourth-order valence-electron chi connectivity index (χ4n) is 12.0. The maximum atomic E-state index is 13.9. The highest BCUT2D eigenvalue weighted by Gasteiger charge is 2.34. The summed E-state index contributed by atoms with van der Waals surface area (Å²) < 4.78 is 41.7. The minimum absolute atomic E-state index is 0.00473. The molecule has 0 N–H and O–H groups in total. The van der Waals surface area contributed by atoms with Crippen LogP contribution < -0.4 is 0 Å². The summed E-state index contributed by atoms with van der Waals surface area (Å²) in [6, 6.07) is 52.5. The number of hydrogen-bond donors (Lipinski definition) is 0. The molecule has 1 unspecified atom stereocenters. The lowest BCUT2D eigenvalue weighted by Crippen LogP contribution is -2.15. The van der Waals surface area contributed by atoms with Crippen molar-refractivity contribution >= 4 is 57.9 Å². The van der Waals surface area contributed by atoms with Crippen LogP contribution in [0, 0.1) is 20.8 Å². The van der Waals surface area contributed by atoms with Crippen molar-refractivity contribution in [2.75, 3.05) is 26.5 Å². The van der Waals surface area contributed by atoms with Gasteiger partial charge in [0.05, 0.1) is 33.9 Å². The highest BCUT2D eigenvalue weighted by Crippen LogP contribution is 2.34. The van der Waals surface area contributed by atoms with Crippen molar-refractivity contribution in [3.63, 3.8) is 0 Å². The second-order valence-electron chi connectivity index (χ2n) is 27.1. The van der Waals surface area contributed by atoms with E-state index in [1.54, 1.807) is 105 Å². The highest BCUT2D eigenvalue weighted by atomic mass is 35.5. The Hall–Kier alpha value is -11.9. The summed E-state index contributed by atoms with van der Waals surface area (Å²) in [4.78, 5) is 116. The van der Waals surface area contributed by atoms with Crippen molar-refractivity contribution in [3.05, 3.63) is 350 Å². The molecule has 1 atom stereocenters. The molecule has 0 amide bonds. The first-order chi connectivity index (χ1) is 53.4. The average molecular weight is 1530 g/mol. The monoisotopic (exact) mass is 1520 g/mol. The van der Waals surface area contributed by atoms with Crippen LogP contribution in [-0.2, 0) is 78.3 Å². The molecule has 0 saturated carbocycles. The molecular weight excluding hydrogens is 1440 g/mol. The molecule has 0 aliphatic rings. The number of hydrogen-bond acceptors (Lipinski definition) is 16. The third kappa shape index (κ3) is 24.6. The number of likely N-dealkylation sites (N-methyl/N-ethyl adjacent to an activating group) is 1. The number of ketones is 6. The van der Waals surface area contributed by atoms with Gasteiger partial charge < -0.3 is 4.90 Å². The zero-order valence-corrected chi connectivity index (χ0v) is 63.8. The molecule has 6 heterocycles. The Bertz CT molecular complexity index is 5280. The topological polar surface area (TPSA) is 222 Å². The molecule has 0 aliphatic carbocycles. The molecular formula is C90H81Cl2F3N10O6. The fraction of sp³-hybridized carbons (Fsp3) is 0.211. The van der Waals surface area contributed by atoms with E-state index in [0.29, 0.717) is 67.0 Å². The number of aryl methyl sites for hydroxylation is 3. The van der Waals surface area contributed by atoms with E-state index in [4.69, 9.17) is 33.2 Å². The molecule has 562 valence electrons. The summed E-state index contributed by atoms with van der Waals surface area (Å²) in [6.45, 7) is 8.20. The second-order valence-corrected chi connectivity index (χ2v) is 28.0. The lowest BCUT2D eigenvalue weighted by atomic mass is 9.94. The van der Waals surface area contributed by atoms with Crippen molar-refractivity contribution < 1.29 is 41.9 Å². The normalized spacial score (nSPS) is 11.5. The number of halogens is 5.